The fraction of sp³-hybridized carbons (Fsp3) is 0.556. The molecule has 0 spiro atoms. The number of carboxylic acid groups (broad SMARTS) is 1. The maximum atomic E-state index is 12.6. The Balaban J connectivity index is 1.67. The van der Waals surface area contributed by atoms with Crippen molar-refractivity contribution in [3.63, 3.8) is 0 Å². The third kappa shape index (κ3) is 3.24. The molecule has 3 atom stereocenters. The predicted molar refractivity (Wildman–Crippen MR) is 85.3 cm³/mol. The molecule has 1 aliphatic heterocycles. The Morgan fingerprint density at radius 1 is 1.26 bits per heavy atom. The topological polar surface area (TPSA) is 66.8 Å². The molecule has 1 saturated carbocycles. The van der Waals surface area contributed by atoms with Gasteiger partial charge in [-0.15, -0.1) is 0 Å². The van der Waals surface area contributed by atoms with Crippen LogP contribution in [0.25, 0.3) is 0 Å². The molecule has 124 valence electrons. The summed E-state index contributed by atoms with van der Waals surface area (Å²) in [4.78, 5) is 25.4. The first-order valence-corrected chi connectivity index (χ1v) is 8.20. The van der Waals surface area contributed by atoms with Crippen LogP contribution in [0.3, 0.4) is 0 Å². The molecule has 1 N–H and O–H groups in total. The van der Waals surface area contributed by atoms with Crippen molar-refractivity contribution in [1.82, 2.24) is 4.90 Å². The van der Waals surface area contributed by atoms with Crippen LogP contribution in [0.2, 0.25) is 0 Å². The molecular weight excluding hydrogens is 294 g/mol. The molecule has 2 fully saturated rings. The fourth-order valence-electron chi connectivity index (χ4n) is 3.25. The summed E-state index contributed by atoms with van der Waals surface area (Å²) < 4.78 is 5.20. The Kier molecular flexibility index (Phi) is 4.39. The van der Waals surface area contributed by atoms with Crippen LogP contribution in [-0.4, -0.2) is 47.7 Å². The number of amides is 1. The maximum absolute atomic E-state index is 12.6. The van der Waals surface area contributed by atoms with E-state index >= 15 is 0 Å². The summed E-state index contributed by atoms with van der Waals surface area (Å²) in [6.07, 6.45) is 0.809. The molecule has 0 unspecified atom stereocenters. The van der Waals surface area contributed by atoms with Crippen LogP contribution in [0.5, 0.6) is 0 Å². The highest BCUT2D eigenvalue weighted by Crippen LogP contribution is 2.48. The van der Waals surface area contributed by atoms with Crippen LogP contribution in [0.4, 0.5) is 0 Å². The third-order valence-corrected chi connectivity index (χ3v) is 4.84. The zero-order valence-electron chi connectivity index (χ0n) is 13.6. The number of aliphatic carboxylic acids is 1. The lowest BCUT2D eigenvalue weighted by molar-refractivity contribution is -0.158. The highest BCUT2D eigenvalue weighted by Gasteiger charge is 2.48. The normalized spacial score (nSPS) is 27.1. The summed E-state index contributed by atoms with van der Waals surface area (Å²) in [5.74, 6) is -0.401. The number of carboxylic acids is 1. The van der Waals surface area contributed by atoms with Gasteiger partial charge in [0.2, 0.25) is 5.91 Å². The van der Waals surface area contributed by atoms with Crippen LogP contribution in [-0.2, 0) is 14.3 Å². The van der Waals surface area contributed by atoms with Gasteiger partial charge in [0, 0.05) is 12.5 Å². The van der Waals surface area contributed by atoms with Crippen LogP contribution < -0.4 is 0 Å². The molecule has 0 bridgehead atoms. The molecule has 1 saturated heterocycles. The third-order valence-electron chi connectivity index (χ3n) is 4.84. The highest BCUT2D eigenvalue weighted by molar-refractivity contribution is 5.88. The Morgan fingerprint density at radius 3 is 2.57 bits per heavy atom. The SMILES string of the molecule is CC(C)c1ccc([C@@H]2C[C@@H]2C(=O)N2CCOC[C@H]2C(=O)O)cc1. The van der Waals surface area contributed by atoms with Crippen molar-refractivity contribution in [3.05, 3.63) is 35.4 Å². The van der Waals surface area contributed by atoms with Crippen LogP contribution in [0.15, 0.2) is 24.3 Å². The van der Waals surface area contributed by atoms with Crippen LogP contribution in [0.1, 0.15) is 43.2 Å². The quantitative estimate of drug-likeness (QED) is 0.925. The number of carbonyl (C=O) groups is 2. The zero-order valence-corrected chi connectivity index (χ0v) is 13.6. The van der Waals surface area contributed by atoms with Gasteiger partial charge in [-0.2, -0.15) is 0 Å². The van der Waals surface area contributed by atoms with Gasteiger partial charge in [0.05, 0.1) is 13.2 Å². The molecule has 2 aliphatic rings. The molecule has 0 aromatic heterocycles. The van der Waals surface area contributed by atoms with Gasteiger partial charge < -0.3 is 14.7 Å². The van der Waals surface area contributed by atoms with E-state index in [2.05, 4.69) is 38.1 Å². The summed E-state index contributed by atoms with van der Waals surface area (Å²) in [6.45, 7) is 5.18. The van der Waals surface area contributed by atoms with E-state index in [0.29, 0.717) is 19.1 Å². The Morgan fingerprint density at radius 2 is 1.96 bits per heavy atom. The lowest BCUT2D eigenvalue weighted by atomic mass is 10.00. The largest absolute Gasteiger partial charge is 0.480 e. The van der Waals surface area contributed by atoms with E-state index in [1.54, 1.807) is 0 Å². The number of rotatable bonds is 4. The number of hydrogen-bond acceptors (Lipinski definition) is 3. The molecule has 1 amide bonds. The van der Waals surface area contributed by atoms with Gasteiger partial charge in [-0.1, -0.05) is 38.1 Å². The molecule has 23 heavy (non-hydrogen) atoms. The molecule has 5 nitrogen and oxygen atoms in total. The van der Waals surface area contributed by atoms with E-state index in [1.165, 1.54) is 16.0 Å². The smallest absolute Gasteiger partial charge is 0.328 e. The average Bonchev–Trinajstić information content (AvgIpc) is 3.35. The second-order valence-corrected chi connectivity index (χ2v) is 6.73. The maximum Gasteiger partial charge on any atom is 0.328 e. The van der Waals surface area contributed by atoms with Crippen molar-refractivity contribution in [2.45, 2.75) is 38.1 Å². The van der Waals surface area contributed by atoms with E-state index in [-0.39, 0.29) is 24.3 Å². The zero-order chi connectivity index (χ0) is 16.6. The van der Waals surface area contributed by atoms with E-state index in [1.807, 2.05) is 0 Å². The van der Waals surface area contributed by atoms with E-state index in [0.717, 1.165) is 6.42 Å². The predicted octanol–water partition coefficient (Wildman–Crippen LogP) is 2.23. The van der Waals surface area contributed by atoms with Gasteiger partial charge in [0.1, 0.15) is 0 Å². The van der Waals surface area contributed by atoms with E-state index in [4.69, 9.17) is 4.74 Å². The molecule has 1 aromatic carbocycles. The summed E-state index contributed by atoms with van der Waals surface area (Å²) in [6, 6.07) is 7.59. The lowest BCUT2D eigenvalue weighted by Gasteiger charge is -2.33. The number of benzene rings is 1. The van der Waals surface area contributed by atoms with E-state index in [9.17, 15) is 14.7 Å². The van der Waals surface area contributed by atoms with Crippen molar-refractivity contribution in [2.75, 3.05) is 19.8 Å². The standard InChI is InChI=1S/C18H23NO4/c1-11(2)12-3-5-13(6-4-12)14-9-15(14)17(20)19-7-8-23-10-16(19)18(21)22/h3-6,11,14-16H,7-10H2,1-2H3,(H,21,22)/t14-,15-,16-/m0/s1. The summed E-state index contributed by atoms with van der Waals surface area (Å²) in [7, 11) is 0. The van der Waals surface area contributed by atoms with Gasteiger partial charge in [0.25, 0.3) is 0 Å². The number of nitrogens with zero attached hydrogens (tertiary/aromatic N) is 1. The second kappa shape index (κ2) is 6.32. The summed E-state index contributed by atoms with van der Waals surface area (Å²) in [5, 5.41) is 9.25. The summed E-state index contributed by atoms with van der Waals surface area (Å²) >= 11 is 0. The highest BCUT2D eigenvalue weighted by atomic mass is 16.5. The number of ether oxygens (including phenoxy) is 1. The van der Waals surface area contributed by atoms with Crippen molar-refractivity contribution < 1.29 is 19.4 Å². The molecule has 1 heterocycles. The Bertz CT molecular complexity index is 596. The molecule has 5 heteroatoms. The van der Waals surface area contributed by atoms with Crippen LogP contribution in [0, 0.1) is 5.92 Å². The number of morpholine rings is 1. The first kappa shape index (κ1) is 16.0. The van der Waals surface area contributed by atoms with Gasteiger partial charge in [-0.05, 0) is 29.4 Å². The van der Waals surface area contributed by atoms with Crippen LogP contribution >= 0.6 is 0 Å². The molecule has 0 radical (unpaired) electrons. The van der Waals surface area contributed by atoms with Gasteiger partial charge in [-0.25, -0.2) is 4.79 Å². The van der Waals surface area contributed by atoms with Crippen molar-refractivity contribution >= 4 is 11.9 Å². The first-order chi connectivity index (χ1) is 11.0. The monoisotopic (exact) mass is 317 g/mol. The van der Waals surface area contributed by atoms with Crippen molar-refractivity contribution in [3.8, 4) is 0 Å². The van der Waals surface area contributed by atoms with Crippen molar-refractivity contribution in [1.29, 1.82) is 0 Å². The Hall–Kier alpha value is -1.88. The molecule has 3 rings (SSSR count). The van der Waals surface area contributed by atoms with Crippen molar-refractivity contribution in [2.24, 2.45) is 5.92 Å². The van der Waals surface area contributed by atoms with Gasteiger partial charge in [-0.3, -0.25) is 4.79 Å². The summed E-state index contributed by atoms with van der Waals surface area (Å²) in [5.41, 5.74) is 2.46. The Labute approximate surface area is 136 Å². The number of carbonyl (C=O) groups excluding carboxylic acids is 1. The number of hydrogen-bond donors (Lipinski definition) is 1. The minimum Gasteiger partial charge on any atom is -0.480 e. The second-order valence-electron chi connectivity index (χ2n) is 6.73. The molecular formula is C18H23NO4. The minimum atomic E-state index is -0.989. The minimum absolute atomic E-state index is 0.0429. The first-order valence-electron chi connectivity index (χ1n) is 8.20. The average molecular weight is 317 g/mol. The van der Waals surface area contributed by atoms with E-state index < -0.39 is 12.0 Å². The van der Waals surface area contributed by atoms with Gasteiger partial charge in [0.15, 0.2) is 6.04 Å². The lowest BCUT2D eigenvalue weighted by Crippen LogP contribution is -2.53. The fourth-order valence-corrected chi connectivity index (χ4v) is 3.25. The van der Waals surface area contributed by atoms with Gasteiger partial charge >= 0.3 is 5.97 Å². The molecule has 1 aromatic rings. The molecule has 1 aliphatic carbocycles.